The summed E-state index contributed by atoms with van der Waals surface area (Å²) >= 11 is 11.8. The molecule has 4 N–H and O–H groups in total. The fourth-order valence-electron chi connectivity index (χ4n) is 2.34. The van der Waals surface area contributed by atoms with Crippen molar-refractivity contribution in [2.45, 2.75) is 13.0 Å². The molecule has 1 heterocycles. The smallest absolute Gasteiger partial charge is 0.323 e. The van der Waals surface area contributed by atoms with Crippen LogP contribution in [0, 0.1) is 0 Å². The van der Waals surface area contributed by atoms with E-state index in [0.717, 1.165) is 11.1 Å². The summed E-state index contributed by atoms with van der Waals surface area (Å²) in [7, 11) is 0. The van der Waals surface area contributed by atoms with Crippen molar-refractivity contribution in [2.75, 3.05) is 5.32 Å². The van der Waals surface area contributed by atoms with Crippen LogP contribution in [0.2, 0.25) is 10.0 Å². The van der Waals surface area contributed by atoms with Crippen molar-refractivity contribution in [1.29, 1.82) is 0 Å². The lowest BCUT2D eigenvalue weighted by Gasteiger charge is -2.15. The van der Waals surface area contributed by atoms with Crippen LogP contribution in [0.25, 0.3) is 11.0 Å². The number of amides is 2. The molecule has 0 spiro atoms. The summed E-state index contributed by atoms with van der Waals surface area (Å²) < 4.78 is 0. The first-order valence-electron chi connectivity index (χ1n) is 7.17. The second kappa shape index (κ2) is 6.59. The first-order valence-corrected chi connectivity index (χ1v) is 7.92. The van der Waals surface area contributed by atoms with E-state index in [2.05, 4.69) is 20.6 Å². The standard InChI is InChI=1S/C16H14Cl2N4O2/c1-8(9-2-5-13-14(6-9)22-16(24)21-13)19-15(23)20-10-3-4-11(17)12(18)7-10/h2-8H,1H3,(H2,19,20,23)(H2,21,22,24)/t8-/m1/s1. The van der Waals surface area contributed by atoms with Gasteiger partial charge in [0.25, 0.3) is 0 Å². The molecule has 0 aliphatic carbocycles. The van der Waals surface area contributed by atoms with Gasteiger partial charge >= 0.3 is 11.7 Å². The van der Waals surface area contributed by atoms with E-state index < -0.39 is 0 Å². The minimum absolute atomic E-state index is 0.254. The minimum atomic E-state index is -0.372. The Morgan fingerprint density at radius 3 is 2.54 bits per heavy atom. The summed E-state index contributed by atoms with van der Waals surface area (Å²) in [6.45, 7) is 1.85. The van der Waals surface area contributed by atoms with Crippen LogP contribution in [0.15, 0.2) is 41.2 Å². The van der Waals surface area contributed by atoms with Crippen molar-refractivity contribution in [3.8, 4) is 0 Å². The molecule has 6 nitrogen and oxygen atoms in total. The van der Waals surface area contributed by atoms with Gasteiger partial charge < -0.3 is 20.6 Å². The minimum Gasteiger partial charge on any atom is -0.331 e. The van der Waals surface area contributed by atoms with E-state index >= 15 is 0 Å². The third kappa shape index (κ3) is 3.55. The van der Waals surface area contributed by atoms with Crippen LogP contribution in [0.1, 0.15) is 18.5 Å². The van der Waals surface area contributed by atoms with E-state index in [-0.39, 0.29) is 17.8 Å². The zero-order chi connectivity index (χ0) is 17.3. The molecular weight excluding hydrogens is 351 g/mol. The number of fused-ring (bicyclic) bond motifs is 1. The number of anilines is 1. The maximum Gasteiger partial charge on any atom is 0.323 e. The normalized spacial score (nSPS) is 12.1. The highest BCUT2D eigenvalue weighted by atomic mass is 35.5. The van der Waals surface area contributed by atoms with Crippen LogP contribution in [-0.2, 0) is 0 Å². The Kier molecular flexibility index (Phi) is 4.51. The van der Waals surface area contributed by atoms with Gasteiger partial charge in [-0.1, -0.05) is 29.3 Å². The van der Waals surface area contributed by atoms with Crippen LogP contribution in [0.5, 0.6) is 0 Å². The molecular formula is C16H14Cl2N4O2. The van der Waals surface area contributed by atoms with Gasteiger partial charge in [-0.2, -0.15) is 0 Å². The predicted octanol–water partition coefficient (Wildman–Crippen LogP) is 4.05. The van der Waals surface area contributed by atoms with Gasteiger partial charge in [-0.3, -0.25) is 0 Å². The van der Waals surface area contributed by atoms with Gasteiger partial charge in [0.1, 0.15) is 0 Å². The van der Waals surface area contributed by atoms with Gasteiger partial charge in [0.2, 0.25) is 0 Å². The number of carbonyl (C=O) groups excluding carboxylic acids is 1. The Hall–Kier alpha value is -2.44. The van der Waals surface area contributed by atoms with E-state index in [4.69, 9.17) is 23.2 Å². The number of rotatable bonds is 3. The fraction of sp³-hybridized carbons (Fsp3) is 0.125. The molecule has 0 bridgehead atoms. The van der Waals surface area contributed by atoms with Crippen LogP contribution in [0.4, 0.5) is 10.5 Å². The molecule has 3 rings (SSSR count). The van der Waals surface area contributed by atoms with E-state index in [1.54, 1.807) is 24.3 Å². The second-order valence-electron chi connectivity index (χ2n) is 5.33. The van der Waals surface area contributed by atoms with Gasteiger partial charge in [0.15, 0.2) is 0 Å². The van der Waals surface area contributed by atoms with Gasteiger partial charge in [0, 0.05) is 5.69 Å². The second-order valence-corrected chi connectivity index (χ2v) is 6.15. The number of hydrogen-bond acceptors (Lipinski definition) is 2. The van der Waals surface area contributed by atoms with Crippen LogP contribution >= 0.6 is 23.2 Å². The summed E-state index contributed by atoms with van der Waals surface area (Å²) in [6, 6.07) is 9.67. The molecule has 124 valence electrons. The molecule has 0 fully saturated rings. The number of carbonyl (C=O) groups is 1. The summed E-state index contributed by atoms with van der Waals surface area (Å²) in [6.07, 6.45) is 0. The molecule has 2 aromatic carbocycles. The van der Waals surface area contributed by atoms with Crippen molar-refractivity contribution in [2.24, 2.45) is 0 Å². The average Bonchev–Trinajstić information content (AvgIpc) is 2.89. The van der Waals surface area contributed by atoms with Gasteiger partial charge in [-0.05, 0) is 42.8 Å². The Bertz CT molecular complexity index is 964. The largest absolute Gasteiger partial charge is 0.331 e. The molecule has 8 heteroatoms. The monoisotopic (exact) mass is 364 g/mol. The van der Waals surface area contributed by atoms with Gasteiger partial charge in [-0.25, -0.2) is 9.59 Å². The molecule has 0 aliphatic rings. The molecule has 0 saturated carbocycles. The SMILES string of the molecule is C[C@@H](NC(=O)Nc1ccc(Cl)c(Cl)c1)c1ccc2[nH]c(=O)[nH]c2c1. The molecule has 0 aliphatic heterocycles. The number of halogens is 2. The summed E-state index contributed by atoms with van der Waals surface area (Å²) in [5, 5.41) is 6.30. The maximum absolute atomic E-state index is 12.1. The summed E-state index contributed by atoms with van der Waals surface area (Å²) in [5.74, 6) is 0. The average molecular weight is 365 g/mol. The lowest BCUT2D eigenvalue weighted by atomic mass is 10.1. The van der Waals surface area contributed by atoms with E-state index in [1.807, 2.05) is 19.1 Å². The van der Waals surface area contributed by atoms with Crippen LogP contribution < -0.4 is 16.3 Å². The topological polar surface area (TPSA) is 89.8 Å². The third-order valence-electron chi connectivity index (χ3n) is 3.57. The molecule has 24 heavy (non-hydrogen) atoms. The third-order valence-corrected chi connectivity index (χ3v) is 4.30. The Labute approximate surface area is 147 Å². The number of aromatic nitrogens is 2. The van der Waals surface area contributed by atoms with Crippen LogP contribution in [-0.4, -0.2) is 16.0 Å². The highest BCUT2D eigenvalue weighted by molar-refractivity contribution is 6.42. The Morgan fingerprint density at radius 1 is 1.04 bits per heavy atom. The van der Waals surface area contributed by atoms with E-state index in [0.29, 0.717) is 21.2 Å². The number of nitrogens with one attached hydrogen (secondary N) is 4. The number of hydrogen-bond donors (Lipinski definition) is 4. The number of aromatic amines is 2. The van der Waals surface area contributed by atoms with E-state index in [1.165, 1.54) is 0 Å². The zero-order valence-electron chi connectivity index (χ0n) is 12.6. The van der Waals surface area contributed by atoms with Gasteiger partial charge in [-0.15, -0.1) is 0 Å². The number of urea groups is 1. The molecule has 2 amide bonds. The van der Waals surface area contributed by atoms with Crippen LogP contribution in [0.3, 0.4) is 0 Å². The first-order chi connectivity index (χ1) is 11.4. The Balaban J connectivity index is 1.70. The highest BCUT2D eigenvalue weighted by Crippen LogP contribution is 2.25. The highest BCUT2D eigenvalue weighted by Gasteiger charge is 2.11. The predicted molar refractivity (Wildman–Crippen MR) is 96.0 cm³/mol. The van der Waals surface area contributed by atoms with Crippen molar-refractivity contribution in [3.63, 3.8) is 0 Å². The van der Waals surface area contributed by atoms with Crippen molar-refractivity contribution < 1.29 is 4.79 Å². The molecule has 0 saturated heterocycles. The molecule has 1 aromatic heterocycles. The lowest BCUT2D eigenvalue weighted by Crippen LogP contribution is -2.31. The first kappa shape index (κ1) is 16.4. The maximum atomic E-state index is 12.1. The molecule has 3 aromatic rings. The fourth-order valence-corrected chi connectivity index (χ4v) is 2.64. The van der Waals surface area contributed by atoms with Crippen molar-refractivity contribution in [1.82, 2.24) is 15.3 Å². The lowest BCUT2D eigenvalue weighted by molar-refractivity contribution is 0.249. The summed E-state index contributed by atoms with van der Waals surface area (Å²) in [4.78, 5) is 28.8. The molecule has 1 atom stereocenters. The molecule has 0 unspecified atom stereocenters. The van der Waals surface area contributed by atoms with Gasteiger partial charge in [0.05, 0.1) is 27.1 Å². The quantitative estimate of drug-likeness (QED) is 0.564. The Morgan fingerprint density at radius 2 is 1.79 bits per heavy atom. The van der Waals surface area contributed by atoms with Crippen molar-refractivity contribution >= 4 is 46.0 Å². The van der Waals surface area contributed by atoms with Crippen molar-refractivity contribution in [3.05, 3.63) is 62.5 Å². The number of imidazole rings is 1. The van der Waals surface area contributed by atoms with E-state index in [9.17, 15) is 9.59 Å². The zero-order valence-corrected chi connectivity index (χ0v) is 14.1. The number of H-pyrrole nitrogens is 2. The summed E-state index contributed by atoms with van der Waals surface area (Å²) in [5.41, 5.74) is 2.55. The molecule has 0 radical (unpaired) electrons. The number of benzene rings is 2.